The number of hydrogen-bond donors (Lipinski definition) is 1. The molecule has 0 fully saturated rings. The Kier molecular flexibility index (Phi) is 4.08. The molecule has 0 bridgehead atoms. The zero-order chi connectivity index (χ0) is 14.6. The van der Waals surface area contributed by atoms with Crippen LogP contribution < -0.4 is 0 Å². The van der Waals surface area contributed by atoms with Crippen molar-refractivity contribution in [2.75, 3.05) is 0 Å². The number of phenols is 1. The van der Waals surface area contributed by atoms with Crippen molar-refractivity contribution in [2.24, 2.45) is 4.99 Å². The Bertz CT molecular complexity index is 621. The van der Waals surface area contributed by atoms with Gasteiger partial charge >= 0.3 is 6.18 Å². The highest BCUT2D eigenvalue weighted by molar-refractivity contribution is 5.83. The van der Waals surface area contributed by atoms with E-state index in [9.17, 15) is 18.3 Å². The Labute approximate surface area is 114 Å². The van der Waals surface area contributed by atoms with Gasteiger partial charge in [0, 0.05) is 11.8 Å². The molecule has 2 aromatic carbocycles. The molecule has 2 nitrogen and oxygen atoms in total. The van der Waals surface area contributed by atoms with E-state index < -0.39 is 11.7 Å². The molecule has 0 aliphatic heterocycles. The number of alkyl halides is 3. The van der Waals surface area contributed by atoms with Crippen LogP contribution in [0.2, 0.25) is 0 Å². The van der Waals surface area contributed by atoms with Crippen molar-refractivity contribution in [3.8, 4) is 5.75 Å². The topological polar surface area (TPSA) is 32.6 Å². The van der Waals surface area contributed by atoms with Crippen LogP contribution in [-0.2, 0) is 12.7 Å². The van der Waals surface area contributed by atoms with Gasteiger partial charge in [-0.25, -0.2) is 0 Å². The van der Waals surface area contributed by atoms with Crippen molar-refractivity contribution >= 4 is 6.21 Å². The van der Waals surface area contributed by atoms with E-state index in [0.29, 0.717) is 5.56 Å². The fourth-order valence-electron chi connectivity index (χ4n) is 1.77. The second-order valence-electron chi connectivity index (χ2n) is 4.18. The van der Waals surface area contributed by atoms with Crippen LogP contribution in [0.5, 0.6) is 5.75 Å². The summed E-state index contributed by atoms with van der Waals surface area (Å²) in [6.07, 6.45) is -3.02. The summed E-state index contributed by atoms with van der Waals surface area (Å²) in [7, 11) is 0. The van der Waals surface area contributed by atoms with Crippen LogP contribution in [0.25, 0.3) is 0 Å². The lowest BCUT2D eigenvalue weighted by atomic mass is 10.1. The van der Waals surface area contributed by atoms with Gasteiger partial charge < -0.3 is 5.11 Å². The third-order valence-electron chi connectivity index (χ3n) is 2.75. The molecule has 0 aliphatic carbocycles. The molecule has 2 aromatic rings. The maximum atomic E-state index is 12.8. The van der Waals surface area contributed by atoms with Gasteiger partial charge in [0.25, 0.3) is 0 Å². The summed E-state index contributed by atoms with van der Waals surface area (Å²) in [5.41, 5.74) is -0.113. The summed E-state index contributed by atoms with van der Waals surface area (Å²) in [4.78, 5) is 3.96. The Balaban J connectivity index is 2.18. The van der Waals surface area contributed by atoms with E-state index in [1.807, 2.05) is 0 Å². The molecule has 0 aromatic heterocycles. The second-order valence-corrected chi connectivity index (χ2v) is 4.18. The third kappa shape index (κ3) is 3.38. The molecule has 0 amide bonds. The van der Waals surface area contributed by atoms with Crippen molar-refractivity contribution in [2.45, 2.75) is 12.7 Å². The number of aliphatic imine (C=N–C) groups is 1. The first-order valence-corrected chi connectivity index (χ1v) is 5.91. The van der Waals surface area contributed by atoms with Gasteiger partial charge in [-0.05, 0) is 23.8 Å². The fourth-order valence-corrected chi connectivity index (χ4v) is 1.77. The van der Waals surface area contributed by atoms with Crippen LogP contribution in [0.3, 0.4) is 0 Å². The van der Waals surface area contributed by atoms with Gasteiger partial charge in [0.05, 0.1) is 12.1 Å². The van der Waals surface area contributed by atoms with E-state index in [2.05, 4.69) is 4.99 Å². The van der Waals surface area contributed by atoms with E-state index >= 15 is 0 Å². The normalized spacial score (nSPS) is 11.9. The molecule has 0 saturated carbocycles. The smallest absolute Gasteiger partial charge is 0.416 e. The van der Waals surface area contributed by atoms with Gasteiger partial charge in [-0.2, -0.15) is 13.2 Å². The van der Waals surface area contributed by atoms with Crippen LogP contribution in [0.4, 0.5) is 13.2 Å². The van der Waals surface area contributed by atoms with Gasteiger partial charge in [-0.15, -0.1) is 0 Å². The van der Waals surface area contributed by atoms with Gasteiger partial charge in [-0.1, -0.05) is 30.3 Å². The first-order valence-electron chi connectivity index (χ1n) is 5.91. The highest BCUT2D eigenvalue weighted by atomic mass is 19.4. The third-order valence-corrected chi connectivity index (χ3v) is 2.75. The van der Waals surface area contributed by atoms with E-state index in [1.54, 1.807) is 24.3 Å². The Hall–Kier alpha value is -2.30. The van der Waals surface area contributed by atoms with E-state index in [-0.39, 0.29) is 17.9 Å². The van der Waals surface area contributed by atoms with E-state index in [0.717, 1.165) is 6.07 Å². The van der Waals surface area contributed by atoms with Crippen LogP contribution >= 0.6 is 0 Å². The van der Waals surface area contributed by atoms with Crippen LogP contribution in [0.15, 0.2) is 53.5 Å². The van der Waals surface area contributed by atoms with Gasteiger partial charge in [0.1, 0.15) is 5.75 Å². The number of rotatable bonds is 3. The molecular formula is C15H12F3NO. The summed E-state index contributed by atoms with van der Waals surface area (Å²) in [5.74, 6) is 0.0420. The minimum Gasteiger partial charge on any atom is -0.507 e. The number of phenolic OH excluding ortho intramolecular Hbond substituents is 1. The number of nitrogens with zero attached hydrogens (tertiary/aromatic N) is 1. The van der Waals surface area contributed by atoms with Crippen molar-refractivity contribution in [3.63, 3.8) is 0 Å². The Morgan fingerprint density at radius 3 is 2.35 bits per heavy atom. The average molecular weight is 279 g/mol. The molecule has 104 valence electrons. The zero-order valence-electron chi connectivity index (χ0n) is 10.4. The van der Waals surface area contributed by atoms with Crippen molar-refractivity contribution in [1.82, 2.24) is 0 Å². The van der Waals surface area contributed by atoms with Crippen molar-refractivity contribution < 1.29 is 18.3 Å². The van der Waals surface area contributed by atoms with Gasteiger partial charge in [-0.3, -0.25) is 4.99 Å². The highest BCUT2D eigenvalue weighted by Crippen LogP contribution is 2.32. The molecular weight excluding hydrogens is 267 g/mol. The predicted molar refractivity (Wildman–Crippen MR) is 70.8 cm³/mol. The monoisotopic (exact) mass is 279 g/mol. The minimum atomic E-state index is -4.39. The molecule has 20 heavy (non-hydrogen) atoms. The van der Waals surface area contributed by atoms with Crippen LogP contribution in [0.1, 0.15) is 16.7 Å². The summed E-state index contributed by atoms with van der Waals surface area (Å²) in [6.45, 7) is -0.0932. The quantitative estimate of drug-likeness (QED) is 0.845. The molecule has 0 radical (unpaired) electrons. The van der Waals surface area contributed by atoms with Gasteiger partial charge in [0.2, 0.25) is 0 Å². The average Bonchev–Trinajstić information content (AvgIpc) is 2.40. The Morgan fingerprint density at radius 2 is 1.65 bits per heavy atom. The molecule has 0 aliphatic rings. The molecule has 5 heteroatoms. The SMILES string of the molecule is Oc1ccccc1C=NCc1ccccc1C(F)(F)F. The lowest BCUT2D eigenvalue weighted by Gasteiger charge is -2.10. The summed E-state index contributed by atoms with van der Waals surface area (Å²) in [6, 6.07) is 11.8. The molecule has 0 spiro atoms. The molecule has 0 unspecified atom stereocenters. The standard InChI is InChI=1S/C15H12F3NO/c16-15(17,18)13-7-3-1-5-11(13)9-19-10-12-6-2-4-8-14(12)20/h1-8,10,20H,9H2. The predicted octanol–water partition coefficient (Wildman–Crippen LogP) is 4.03. The minimum absolute atomic E-state index is 0.0420. The van der Waals surface area contributed by atoms with Crippen LogP contribution in [-0.4, -0.2) is 11.3 Å². The summed E-state index contributed by atoms with van der Waals surface area (Å²) < 4.78 is 38.3. The maximum Gasteiger partial charge on any atom is 0.416 e. The van der Waals surface area contributed by atoms with Crippen LogP contribution in [0, 0.1) is 0 Å². The number of benzene rings is 2. The van der Waals surface area contributed by atoms with Crippen molar-refractivity contribution in [1.29, 1.82) is 0 Å². The van der Waals surface area contributed by atoms with Crippen molar-refractivity contribution in [3.05, 3.63) is 65.2 Å². The second kappa shape index (κ2) is 5.77. The fraction of sp³-hybridized carbons (Fsp3) is 0.133. The maximum absolute atomic E-state index is 12.8. The molecule has 0 atom stereocenters. The van der Waals surface area contributed by atoms with Gasteiger partial charge in [0.15, 0.2) is 0 Å². The highest BCUT2D eigenvalue weighted by Gasteiger charge is 2.32. The number of aromatic hydroxyl groups is 1. The molecule has 2 rings (SSSR count). The Morgan fingerprint density at radius 1 is 1.00 bits per heavy atom. The molecule has 0 saturated heterocycles. The number of halogens is 3. The number of para-hydroxylation sites is 1. The first kappa shape index (κ1) is 14.1. The van der Waals surface area contributed by atoms with E-state index in [4.69, 9.17) is 0 Å². The summed E-state index contributed by atoms with van der Waals surface area (Å²) in [5, 5.41) is 9.52. The van der Waals surface area contributed by atoms with E-state index in [1.165, 1.54) is 24.4 Å². The largest absolute Gasteiger partial charge is 0.507 e. The first-order chi connectivity index (χ1) is 9.48. The summed E-state index contributed by atoms with van der Waals surface area (Å²) >= 11 is 0. The lowest BCUT2D eigenvalue weighted by Crippen LogP contribution is -2.08. The zero-order valence-corrected chi connectivity index (χ0v) is 10.4. The lowest BCUT2D eigenvalue weighted by molar-refractivity contribution is -0.138. The number of hydrogen-bond acceptors (Lipinski definition) is 2. The molecule has 1 N–H and O–H groups in total. The molecule has 0 heterocycles.